The van der Waals surface area contributed by atoms with Crippen molar-refractivity contribution in [1.29, 1.82) is 0 Å². The summed E-state index contributed by atoms with van der Waals surface area (Å²) in [5.41, 5.74) is 2.16. The summed E-state index contributed by atoms with van der Waals surface area (Å²) in [4.78, 5) is 24.1. The predicted octanol–water partition coefficient (Wildman–Crippen LogP) is 3.24. The van der Waals surface area contributed by atoms with Crippen molar-refractivity contribution < 1.29 is 4.79 Å². The van der Waals surface area contributed by atoms with E-state index < -0.39 is 0 Å². The lowest BCUT2D eigenvalue weighted by atomic mass is 10.0. The Morgan fingerprint density at radius 1 is 1.04 bits per heavy atom. The molecule has 146 valence electrons. The van der Waals surface area contributed by atoms with Crippen molar-refractivity contribution >= 4 is 27.5 Å². The van der Waals surface area contributed by atoms with Crippen LogP contribution in [0.1, 0.15) is 16.6 Å². The molecule has 0 bridgehead atoms. The topological polar surface area (TPSA) is 39.7 Å². The summed E-state index contributed by atoms with van der Waals surface area (Å²) in [6.07, 6.45) is 0. The molecule has 1 atom stereocenters. The fourth-order valence-electron chi connectivity index (χ4n) is 3.75. The average molecular weight is 395 g/mol. The maximum absolute atomic E-state index is 12.9. The number of aromatic nitrogens is 1. The lowest BCUT2D eigenvalue weighted by molar-refractivity contribution is -0.135. The van der Waals surface area contributed by atoms with Crippen LogP contribution >= 0.6 is 11.3 Å². The van der Waals surface area contributed by atoms with Gasteiger partial charge in [0.25, 0.3) is 0 Å². The van der Waals surface area contributed by atoms with E-state index in [9.17, 15) is 4.79 Å². The number of likely N-dealkylation sites (N-methyl/N-ethyl adjacent to an activating group) is 1. The molecule has 4 rings (SSSR count). The van der Waals surface area contributed by atoms with Crippen LogP contribution in [-0.4, -0.2) is 65.9 Å². The fraction of sp³-hybridized carbons (Fsp3) is 0.364. The van der Waals surface area contributed by atoms with Gasteiger partial charge in [0.05, 0.1) is 16.8 Å². The maximum atomic E-state index is 12.9. The number of carbonyl (C=O) groups excluding carboxylic acids is 1. The van der Waals surface area contributed by atoms with Crippen molar-refractivity contribution in [3.8, 4) is 0 Å². The van der Waals surface area contributed by atoms with E-state index in [0.29, 0.717) is 0 Å². The van der Waals surface area contributed by atoms with E-state index in [1.54, 1.807) is 16.2 Å². The second-order valence-electron chi connectivity index (χ2n) is 7.43. The van der Waals surface area contributed by atoms with Gasteiger partial charge in [-0.3, -0.25) is 14.6 Å². The van der Waals surface area contributed by atoms with Gasteiger partial charge in [-0.05, 0) is 17.7 Å². The third-order valence-corrected chi connectivity index (χ3v) is 6.28. The Bertz CT molecular complexity index is 899. The van der Waals surface area contributed by atoms with Crippen LogP contribution in [0.3, 0.4) is 0 Å². The number of rotatable bonds is 5. The highest BCUT2D eigenvalue weighted by molar-refractivity contribution is 7.18. The highest BCUT2D eigenvalue weighted by Gasteiger charge is 2.31. The Kier molecular flexibility index (Phi) is 5.71. The van der Waals surface area contributed by atoms with E-state index in [0.717, 1.165) is 43.8 Å². The lowest BCUT2D eigenvalue weighted by Gasteiger charge is -2.39. The summed E-state index contributed by atoms with van der Waals surface area (Å²) in [5, 5.41) is 1.17. The Balaban J connectivity index is 1.43. The standard InChI is InChI=1S/C22H26N4OS/c1-24(2)22(27)21(17-8-4-3-5-9-17)26-14-12-25(13-15-26)16-20-23-18-10-6-7-11-19(18)28-20/h3-11,21H,12-16H2,1-2H3/t21-/m1/s1. The summed E-state index contributed by atoms with van der Waals surface area (Å²) < 4.78 is 1.25. The molecule has 1 aliphatic heterocycles. The van der Waals surface area contributed by atoms with Crippen molar-refractivity contribution in [2.45, 2.75) is 12.6 Å². The molecule has 1 aliphatic rings. The van der Waals surface area contributed by atoms with Gasteiger partial charge in [-0.1, -0.05) is 42.5 Å². The molecule has 0 saturated carbocycles. The number of hydrogen-bond donors (Lipinski definition) is 0. The summed E-state index contributed by atoms with van der Waals surface area (Å²) >= 11 is 1.78. The third kappa shape index (κ3) is 4.09. The maximum Gasteiger partial charge on any atom is 0.244 e. The zero-order valence-electron chi connectivity index (χ0n) is 16.4. The third-order valence-electron chi connectivity index (χ3n) is 5.26. The van der Waals surface area contributed by atoms with Crippen LogP contribution in [-0.2, 0) is 11.3 Å². The normalized spacial score (nSPS) is 16.9. The van der Waals surface area contributed by atoms with Crippen LogP contribution in [0.25, 0.3) is 10.2 Å². The first-order valence-electron chi connectivity index (χ1n) is 9.69. The van der Waals surface area contributed by atoms with E-state index in [4.69, 9.17) is 4.98 Å². The number of nitrogens with zero attached hydrogens (tertiary/aromatic N) is 4. The molecule has 5 nitrogen and oxygen atoms in total. The molecular weight excluding hydrogens is 368 g/mol. The fourth-order valence-corrected chi connectivity index (χ4v) is 4.76. The molecule has 0 unspecified atom stereocenters. The Labute approximate surface area is 170 Å². The van der Waals surface area contributed by atoms with Gasteiger partial charge >= 0.3 is 0 Å². The molecule has 3 aromatic rings. The van der Waals surface area contributed by atoms with Crippen LogP contribution in [0.15, 0.2) is 54.6 Å². The molecule has 1 amide bonds. The zero-order valence-corrected chi connectivity index (χ0v) is 17.2. The van der Waals surface area contributed by atoms with Crippen molar-refractivity contribution in [1.82, 2.24) is 19.7 Å². The molecule has 6 heteroatoms. The molecule has 1 fully saturated rings. The van der Waals surface area contributed by atoms with Gasteiger partial charge < -0.3 is 4.90 Å². The van der Waals surface area contributed by atoms with Gasteiger partial charge in [-0.25, -0.2) is 4.98 Å². The minimum atomic E-state index is -0.208. The van der Waals surface area contributed by atoms with E-state index in [-0.39, 0.29) is 11.9 Å². The lowest BCUT2D eigenvalue weighted by Crippen LogP contribution is -2.50. The van der Waals surface area contributed by atoms with Crippen LogP contribution in [0.5, 0.6) is 0 Å². The van der Waals surface area contributed by atoms with Gasteiger partial charge in [0.15, 0.2) is 0 Å². The first-order chi connectivity index (χ1) is 13.6. The van der Waals surface area contributed by atoms with Gasteiger partial charge in [-0.15, -0.1) is 11.3 Å². The molecule has 0 spiro atoms. The van der Waals surface area contributed by atoms with Crippen molar-refractivity contribution in [3.63, 3.8) is 0 Å². The Hall–Kier alpha value is -2.28. The smallest absolute Gasteiger partial charge is 0.244 e. The number of piperazine rings is 1. The highest BCUT2D eigenvalue weighted by Crippen LogP contribution is 2.26. The van der Waals surface area contributed by atoms with Crippen LogP contribution in [0, 0.1) is 0 Å². The van der Waals surface area contributed by atoms with Gasteiger partial charge in [-0.2, -0.15) is 0 Å². The summed E-state index contributed by atoms with van der Waals surface area (Å²) in [7, 11) is 3.67. The number of hydrogen-bond acceptors (Lipinski definition) is 5. The molecule has 28 heavy (non-hydrogen) atoms. The number of amides is 1. The van der Waals surface area contributed by atoms with E-state index in [1.807, 2.05) is 38.4 Å². The zero-order chi connectivity index (χ0) is 19.5. The minimum absolute atomic E-state index is 0.144. The molecule has 1 aromatic heterocycles. The Morgan fingerprint density at radius 2 is 1.71 bits per heavy atom. The predicted molar refractivity (Wildman–Crippen MR) is 114 cm³/mol. The molecule has 2 aromatic carbocycles. The minimum Gasteiger partial charge on any atom is -0.347 e. The molecule has 1 saturated heterocycles. The number of benzene rings is 2. The first kappa shape index (κ1) is 19.1. The SMILES string of the molecule is CN(C)C(=O)[C@@H](c1ccccc1)N1CCN(Cc2nc3ccccc3s2)CC1. The van der Waals surface area contributed by atoms with E-state index >= 15 is 0 Å². The highest BCUT2D eigenvalue weighted by atomic mass is 32.1. The van der Waals surface area contributed by atoms with Gasteiger partial charge in [0.2, 0.25) is 5.91 Å². The van der Waals surface area contributed by atoms with Gasteiger partial charge in [0.1, 0.15) is 11.0 Å². The molecule has 0 radical (unpaired) electrons. The summed E-state index contributed by atoms with van der Waals surface area (Å²) in [6.45, 7) is 4.53. The molecule has 0 aliphatic carbocycles. The van der Waals surface area contributed by atoms with Gasteiger partial charge in [0, 0.05) is 40.3 Å². The van der Waals surface area contributed by atoms with Crippen molar-refractivity contribution in [3.05, 3.63) is 65.2 Å². The van der Waals surface area contributed by atoms with Crippen molar-refractivity contribution in [2.75, 3.05) is 40.3 Å². The number of thiazole rings is 1. The Morgan fingerprint density at radius 3 is 2.39 bits per heavy atom. The molecule has 2 heterocycles. The summed E-state index contributed by atoms with van der Waals surface area (Å²) in [6, 6.07) is 18.2. The number of fused-ring (bicyclic) bond motifs is 1. The molecule has 0 N–H and O–H groups in total. The van der Waals surface area contributed by atoms with Crippen molar-refractivity contribution in [2.24, 2.45) is 0 Å². The summed E-state index contributed by atoms with van der Waals surface area (Å²) in [5.74, 6) is 0.144. The van der Waals surface area contributed by atoms with Crippen LogP contribution in [0.2, 0.25) is 0 Å². The first-order valence-corrected chi connectivity index (χ1v) is 10.5. The second-order valence-corrected chi connectivity index (χ2v) is 8.55. The molecular formula is C22H26N4OS. The largest absolute Gasteiger partial charge is 0.347 e. The van der Waals surface area contributed by atoms with Crippen LogP contribution in [0.4, 0.5) is 0 Å². The monoisotopic (exact) mass is 394 g/mol. The number of para-hydroxylation sites is 1. The quantitative estimate of drug-likeness (QED) is 0.666. The van der Waals surface area contributed by atoms with E-state index in [2.05, 4.69) is 40.1 Å². The number of carbonyl (C=O) groups is 1. The van der Waals surface area contributed by atoms with Crippen LogP contribution < -0.4 is 0 Å². The second kappa shape index (κ2) is 8.39. The average Bonchev–Trinajstić information content (AvgIpc) is 3.12. The van der Waals surface area contributed by atoms with E-state index in [1.165, 1.54) is 9.71 Å².